The van der Waals surface area contributed by atoms with Gasteiger partial charge < -0.3 is 4.74 Å². The highest BCUT2D eigenvalue weighted by Crippen LogP contribution is 2.23. The van der Waals surface area contributed by atoms with E-state index in [1.54, 1.807) is 18.2 Å². The van der Waals surface area contributed by atoms with Gasteiger partial charge in [0.15, 0.2) is 0 Å². The second-order valence-electron chi connectivity index (χ2n) is 3.95. The number of ether oxygens (including phenoxy) is 1. The van der Waals surface area contributed by atoms with Gasteiger partial charge in [-0.05, 0) is 12.1 Å². The Kier molecular flexibility index (Phi) is 3.89. The summed E-state index contributed by atoms with van der Waals surface area (Å²) in [5, 5.41) is 21.5. The zero-order chi connectivity index (χ0) is 15.4. The topological polar surface area (TPSA) is 113 Å². The molecule has 0 saturated carbocycles. The highest BCUT2D eigenvalue weighted by Gasteiger charge is 2.20. The van der Waals surface area contributed by atoms with Gasteiger partial charge in [0.1, 0.15) is 5.75 Å². The number of carbonyl (C=O) groups excluding carboxylic acids is 1. The van der Waals surface area contributed by atoms with Crippen molar-refractivity contribution in [3.05, 3.63) is 74.3 Å². The van der Waals surface area contributed by atoms with E-state index < -0.39 is 27.2 Å². The zero-order valence-corrected chi connectivity index (χ0v) is 10.5. The molecular formula is C13H8N2O6. The summed E-state index contributed by atoms with van der Waals surface area (Å²) in [6.07, 6.45) is 0. The maximum atomic E-state index is 11.9. The molecule has 2 rings (SSSR count). The lowest BCUT2D eigenvalue weighted by molar-refractivity contribution is -0.394. The van der Waals surface area contributed by atoms with Crippen LogP contribution in [0.25, 0.3) is 0 Å². The fourth-order valence-corrected chi connectivity index (χ4v) is 1.58. The Morgan fingerprint density at radius 2 is 1.43 bits per heavy atom. The van der Waals surface area contributed by atoms with Crippen LogP contribution in [-0.4, -0.2) is 15.8 Å². The van der Waals surface area contributed by atoms with Crippen LogP contribution in [0.3, 0.4) is 0 Å². The number of esters is 1. The van der Waals surface area contributed by atoms with Crippen molar-refractivity contribution in [2.24, 2.45) is 0 Å². The summed E-state index contributed by atoms with van der Waals surface area (Å²) in [7, 11) is 0. The van der Waals surface area contributed by atoms with E-state index in [0.29, 0.717) is 0 Å². The lowest BCUT2D eigenvalue weighted by atomic mass is 10.2. The van der Waals surface area contributed by atoms with Gasteiger partial charge in [-0.2, -0.15) is 0 Å². The molecule has 0 fully saturated rings. The van der Waals surface area contributed by atoms with Crippen molar-refractivity contribution in [2.45, 2.75) is 0 Å². The minimum Gasteiger partial charge on any atom is -0.423 e. The van der Waals surface area contributed by atoms with Crippen molar-refractivity contribution >= 4 is 17.3 Å². The fraction of sp³-hybridized carbons (Fsp3) is 0. The first-order valence-corrected chi connectivity index (χ1v) is 5.68. The first-order chi connectivity index (χ1) is 9.97. The van der Waals surface area contributed by atoms with E-state index in [1.807, 2.05) is 0 Å². The molecule has 0 heterocycles. The summed E-state index contributed by atoms with van der Waals surface area (Å²) < 4.78 is 4.99. The number of nitro groups is 2. The largest absolute Gasteiger partial charge is 0.423 e. The summed E-state index contributed by atoms with van der Waals surface area (Å²) in [4.78, 5) is 31.7. The van der Waals surface area contributed by atoms with Crippen LogP contribution >= 0.6 is 0 Å². The van der Waals surface area contributed by atoms with Crippen LogP contribution in [0.15, 0.2) is 48.5 Å². The Morgan fingerprint density at radius 1 is 0.905 bits per heavy atom. The van der Waals surface area contributed by atoms with E-state index in [1.165, 1.54) is 12.1 Å². The van der Waals surface area contributed by atoms with Gasteiger partial charge in [0.25, 0.3) is 11.4 Å². The van der Waals surface area contributed by atoms with E-state index in [2.05, 4.69) is 0 Å². The molecule has 2 aromatic carbocycles. The van der Waals surface area contributed by atoms with Crippen molar-refractivity contribution in [3.8, 4) is 5.75 Å². The van der Waals surface area contributed by atoms with Gasteiger partial charge in [0.05, 0.1) is 21.5 Å². The molecule has 0 spiro atoms. The molecule has 0 saturated heterocycles. The third-order valence-corrected chi connectivity index (χ3v) is 2.51. The van der Waals surface area contributed by atoms with Crippen LogP contribution in [0.4, 0.5) is 11.4 Å². The quantitative estimate of drug-likeness (QED) is 0.370. The van der Waals surface area contributed by atoms with Crippen molar-refractivity contribution in [1.82, 2.24) is 0 Å². The molecule has 0 aliphatic heterocycles. The zero-order valence-electron chi connectivity index (χ0n) is 10.5. The number of non-ortho nitro benzene ring substituents is 2. The van der Waals surface area contributed by atoms with Crippen LogP contribution in [0.2, 0.25) is 0 Å². The number of para-hydroxylation sites is 1. The van der Waals surface area contributed by atoms with Gasteiger partial charge in [0, 0.05) is 12.1 Å². The number of nitrogens with zero attached hydrogens (tertiary/aromatic N) is 2. The van der Waals surface area contributed by atoms with Gasteiger partial charge in [-0.1, -0.05) is 18.2 Å². The number of hydrogen-bond acceptors (Lipinski definition) is 6. The van der Waals surface area contributed by atoms with Crippen molar-refractivity contribution in [3.63, 3.8) is 0 Å². The van der Waals surface area contributed by atoms with Crippen molar-refractivity contribution in [2.75, 3.05) is 0 Å². The van der Waals surface area contributed by atoms with Crippen LogP contribution in [0.5, 0.6) is 5.75 Å². The average Bonchev–Trinajstić information content (AvgIpc) is 2.47. The molecule has 106 valence electrons. The average molecular weight is 288 g/mol. The third kappa shape index (κ3) is 3.38. The lowest BCUT2D eigenvalue weighted by Crippen LogP contribution is -2.09. The number of benzene rings is 2. The highest BCUT2D eigenvalue weighted by molar-refractivity contribution is 5.92. The van der Waals surface area contributed by atoms with Gasteiger partial charge in [-0.3, -0.25) is 20.2 Å². The monoisotopic (exact) mass is 288 g/mol. The fourth-order valence-electron chi connectivity index (χ4n) is 1.58. The van der Waals surface area contributed by atoms with E-state index in [4.69, 9.17) is 4.74 Å². The maximum Gasteiger partial charge on any atom is 0.344 e. The molecule has 8 nitrogen and oxygen atoms in total. The first-order valence-electron chi connectivity index (χ1n) is 5.68. The Bertz CT molecular complexity index is 682. The van der Waals surface area contributed by atoms with Crippen LogP contribution in [0.1, 0.15) is 10.4 Å². The molecule has 0 bridgehead atoms. The van der Waals surface area contributed by atoms with Crippen molar-refractivity contribution < 1.29 is 19.4 Å². The second kappa shape index (κ2) is 5.78. The van der Waals surface area contributed by atoms with Crippen LogP contribution < -0.4 is 4.74 Å². The van der Waals surface area contributed by atoms with E-state index in [9.17, 15) is 25.0 Å². The molecule has 21 heavy (non-hydrogen) atoms. The minimum absolute atomic E-state index is 0.233. The standard InChI is InChI=1S/C13H8N2O6/c16-13(21-12-4-2-1-3-5-12)9-6-10(14(17)18)8-11(7-9)15(19)20/h1-8H. The first kappa shape index (κ1) is 14.1. The smallest absolute Gasteiger partial charge is 0.344 e. The predicted molar refractivity (Wildman–Crippen MR) is 71.2 cm³/mol. The Morgan fingerprint density at radius 3 is 1.90 bits per heavy atom. The van der Waals surface area contributed by atoms with Gasteiger partial charge in [-0.25, -0.2) is 4.79 Å². The van der Waals surface area contributed by atoms with Crippen molar-refractivity contribution in [1.29, 1.82) is 0 Å². The third-order valence-electron chi connectivity index (χ3n) is 2.51. The Balaban J connectivity index is 2.36. The molecule has 0 amide bonds. The lowest BCUT2D eigenvalue weighted by Gasteiger charge is -2.04. The molecule has 8 heteroatoms. The predicted octanol–water partition coefficient (Wildman–Crippen LogP) is 2.72. The number of hydrogen-bond donors (Lipinski definition) is 0. The summed E-state index contributed by atoms with van der Waals surface area (Å²) in [5.41, 5.74) is -1.37. The highest BCUT2D eigenvalue weighted by atomic mass is 16.6. The van der Waals surface area contributed by atoms with E-state index in [0.717, 1.165) is 18.2 Å². The minimum atomic E-state index is -0.909. The number of nitro benzene ring substituents is 2. The van der Waals surface area contributed by atoms with Crippen LogP contribution in [0, 0.1) is 20.2 Å². The number of rotatable bonds is 4. The molecule has 0 N–H and O–H groups in total. The Hall–Kier alpha value is -3.29. The van der Waals surface area contributed by atoms with Gasteiger partial charge in [-0.15, -0.1) is 0 Å². The molecule has 0 unspecified atom stereocenters. The van der Waals surface area contributed by atoms with Gasteiger partial charge in [0.2, 0.25) is 0 Å². The summed E-state index contributed by atoms with van der Waals surface area (Å²) in [6.45, 7) is 0. The summed E-state index contributed by atoms with van der Waals surface area (Å²) in [6, 6.07) is 10.7. The molecule has 2 aromatic rings. The SMILES string of the molecule is O=C(Oc1ccccc1)c1cc([N+](=O)[O-])cc([N+](=O)[O-])c1. The molecule has 0 aromatic heterocycles. The molecule has 0 aliphatic rings. The summed E-state index contributed by atoms with van der Waals surface area (Å²) in [5.74, 6) is -0.676. The summed E-state index contributed by atoms with van der Waals surface area (Å²) >= 11 is 0. The normalized spacial score (nSPS) is 9.90. The number of carbonyl (C=O) groups is 1. The van der Waals surface area contributed by atoms with Gasteiger partial charge >= 0.3 is 5.97 Å². The molecule has 0 aliphatic carbocycles. The molecule has 0 atom stereocenters. The van der Waals surface area contributed by atoms with E-state index in [-0.39, 0.29) is 11.3 Å². The van der Waals surface area contributed by atoms with E-state index >= 15 is 0 Å². The molecule has 0 radical (unpaired) electrons. The Labute approximate surface area is 117 Å². The van der Waals surface area contributed by atoms with Crippen LogP contribution in [-0.2, 0) is 0 Å². The molecular weight excluding hydrogens is 280 g/mol. The maximum absolute atomic E-state index is 11.9. The second-order valence-corrected chi connectivity index (χ2v) is 3.95.